The van der Waals surface area contributed by atoms with Gasteiger partial charge in [-0.25, -0.2) is 4.79 Å². The van der Waals surface area contributed by atoms with E-state index in [0.717, 1.165) is 32.4 Å². The van der Waals surface area contributed by atoms with Gasteiger partial charge in [0.25, 0.3) is 5.56 Å². The average Bonchev–Trinajstić information content (AvgIpc) is 2.89. The zero-order valence-corrected chi connectivity index (χ0v) is 10.6. The highest BCUT2D eigenvalue weighted by Crippen LogP contribution is 2.27. The van der Waals surface area contributed by atoms with Crippen LogP contribution in [0.15, 0.2) is 21.9 Å². The second-order valence-electron chi connectivity index (χ2n) is 4.83. The standard InChI is InChI=1S/C12H17N3O4/c16-9-4-6-14(12(17)13-9)10-5-7-15(19-10)11-3-1-2-8-18-11/h4,6,10-11H,1-3,5,7-8H2,(H,13,16,17). The van der Waals surface area contributed by atoms with Gasteiger partial charge in [-0.1, -0.05) is 0 Å². The second kappa shape index (κ2) is 5.28. The maximum atomic E-state index is 11.7. The highest BCUT2D eigenvalue weighted by Gasteiger charge is 2.32. The van der Waals surface area contributed by atoms with E-state index >= 15 is 0 Å². The number of hydroxylamine groups is 2. The molecule has 0 aliphatic carbocycles. The first-order valence-electron chi connectivity index (χ1n) is 6.60. The van der Waals surface area contributed by atoms with Gasteiger partial charge in [0.05, 0.1) is 0 Å². The van der Waals surface area contributed by atoms with Crippen LogP contribution in [-0.4, -0.2) is 34.0 Å². The number of nitrogens with zero attached hydrogens (tertiary/aromatic N) is 2. The fourth-order valence-electron chi connectivity index (χ4n) is 2.51. The molecule has 0 bridgehead atoms. The number of hydrogen-bond donors (Lipinski definition) is 1. The van der Waals surface area contributed by atoms with Gasteiger partial charge in [0, 0.05) is 31.8 Å². The Morgan fingerprint density at radius 2 is 2.11 bits per heavy atom. The minimum Gasteiger partial charge on any atom is -0.361 e. The molecule has 1 N–H and O–H groups in total. The molecule has 7 nitrogen and oxygen atoms in total. The van der Waals surface area contributed by atoms with Crippen molar-refractivity contribution >= 4 is 0 Å². The number of nitrogens with one attached hydrogen (secondary N) is 1. The van der Waals surface area contributed by atoms with Gasteiger partial charge >= 0.3 is 5.69 Å². The van der Waals surface area contributed by atoms with Crippen LogP contribution in [0.1, 0.15) is 31.9 Å². The zero-order chi connectivity index (χ0) is 13.2. The predicted molar refractivity (Wildman–Crippen MR) is 66.4 cm³/mol. The minimum absolute atomic E-state index is 0.0165. The molecule has 1 aromatic rings. The largest absolute Gasteiger partial charge is 0.361 e. The molecule has 2 saturated heterocycles. The Labute approximate surface area is 109 Å². The normalized spacial score (nSPS) is 28.6. The molecule has 7 heteroatoms. The minimum atomic E-state index is -0.441. The Kier molecular flexibility index (Phi) is 3.50. The summed E-state index contributed by atoms with van der Waals surface area (Å²) in [6.07, 6.45) is 4.96. The molecule has 0 spiro atoms. The van der Waals surface area contributed by atoms with Gasteiger partial charge in [0.1, 0.15) is 6.23 Å². The van der Waals surface area contributed by atoms with E-state index in [-0.39, 0.29) is 12.5 Å². The number of hydrogen-bond acceptors (Lipinski definition) is 5. The summed E-state index contributed by atoms with van der Waals surface area (Å²) < 4.78 is 7.06. The number of rotatable bonds is 2. The zero-order valence-electron chi connectivity index (χ0n) is 10.6. The molecule has 19 heavy (non-hydrogen) atoms. The lowest BCUT2D eigenvalue weighted by atomic mass is 10.2. The summed E-state index contributed by atoms with van der Waals surface area (Å²) >= 11 is 0. The molecule has 0 saturated carbocycles. The third-order valence-electron chi connectivity index (χ3n) is 3.49. The van der Waals surface area contributed by atoms with Gasteiger partial charge in [0.15, 0.2) is 6.23 Å². The van der Waals surface area contributed by atoms with Crippen molar-refractivity contribution in [2.24, 2.45) is 0 Å². The molecular weight excluding hydrogens is 250 g/mol. The average molecular weight is 267 g/mol. The lowest BCUT2D eigenvalue weighted by molar-refractivity contribution is -0.262. The third-order valence-corrected chi connectivity index (χ3v) is 3.49. The number of ether oxygens (including phenoxy) is 1. The van der Waals surface area contributed by atoms with Crippen molar-refractivity contribution in [3.63, 3.8) is 0 Å². The molecule has 0 radical (unpaired) electrons. The van der Waals surface area contributed by atoms with E-state index in [1.165, 1.54) is 16.8 Å². The Hall–Kier alpha value is -1.44. The monoisotopic (exact) mass is 267 g/mol. The summed E-state index contributed by atoms with van der Waals surface area (Å²) in [5, 5.41) is 1.81. The summed E-state index contributed by atoms with van der Waals surface area (Å²) in [4.78, 5) is 30.7. The number of H-pyrrole nitrogens is 1. The van der Waals surface area contributed by atoms with Crippen LogP contribution in [0.4, 0.5) is 0 Å². The molecule has 2 aliphatic heterocycles. The first kappa shape index (κ1) is 12.6. The number of aromatic nitrogens is 2. The third kappa shape index (κ3) is 2.63. The highest BCUT2D eigenvalue weighted by molar-refractivity contribution is 4.85. The van der Waals surface area contributed by atoms with E-state index in [2.05, 4.69) is 4.98 Å². The lowest BCUT2D eigenvalue weighted by Gasteiger charge is -2.29. The summed E-state index contributed by atoms with van der Waals surface area (Å²) in [5.74, 6) is 0. The second-order valence-corrected chi connectivity index (χ2v) is 4.83. The van der Waals surface area contributed by atoms with Crippen molar-refractivity contribution in [1.82, 2.24) is 14.6 Å². The van der Waals surface area contributed by atoms with Crippen molar-refractivity contribution in [3.05, 3.63) is 33.1 Å². The predicted octanol–water partition coefficient (Wildman–Crippen LogP) is 0.199. The lowest BCUT2D eigenvalue weighted by Crippen LogP contribution is -2.37. The van der Waals surface area contributed by atoms with Gasteiger partial charge in [0.2, 0.25) is 0 Å². The van der Waals surface area contributed by atoms with E-state index in [4.69, 9.17) is 9.57 Å². The van der Waals surface area contributed by atoms with E-state index in [1.807, 2.05) is 0 Å². The van der Waals surface area contributed by atoms with Crippen LogP contribution in [-0.2, 0) is 9.57 Å². The molecule has 2 atom stereocenters. The van der Waals surface area contributed by atoms with Crippen LogP contribution < -0.4 is 11.2 Å². The molecule has 0 aromatic carbocycles. The molecule has 0 amide bonds. The molecule has 3 heterocycles. The van der Waals surface area contributed by atoms with Crippen LogP contribution in [0.2, 0.25) is 0 Å². The molecule has 3 rings (SSSR count). The van der Waals surface area contributed by atoms with Gasteiger partial charge in [-0.2, -0.15) is 5.06 Å². The van der Waals surface area contributed by atoms with E-state index in [1.54, 1.807) is 5.06 Å². The summed E-state index contributed by atoms with van der Waals surface area (Å²) in [5.41, 5.74) is -0.837. The van der Waals surface area contributed by atoms with Crippen LogP contribution >= 0.6 is 0 Å². The van der Waals surface area contributed by atoms with Crippen LogP contribution in [0, 0.1) is 0 Å². The molecular formula is C12H17N3O4. The smallest absolute Gasteiger partial charge is 0.330 e. The van der Waals surface area contributed by atoms with Crippen molar-refractivity contribution < 1.29 is 9.57 Å². The Morgan fingerprint density at radius 3 is 2.84 bits per heavy atom. The van der Waals surface area contributed by atoms with E-state index in [0.29, 0.717) is 6.42 Å². The Morgan fingerprint density at radius 1 is 1.21 bits per heavy atom. The van der Waals surface area contributed by atoms with Crippen molar-refractivity contribution in [3.8, 4) is 0 Å². The quantitative estimate of drug-likeness (QED) is 0.828. The molecule has 2 fully saturated rings. The maximum absolute atomic E-state index is 11.7. The number of aromatic amines is 1. The van der Waals surface area contributed by atoms with Gasteiger partial charge in [-0.15, -0.1) is 0 Å². The Balaban J connectivity index is 1.71. The maximum Gasteiger partial charge on any atom is 0.330 e. The molecule has 1 aromatic heterocycles. The summed E-state index contributed by atoms with van der Waals surface area (Å²) in [6, 6.07) is 1.32. The first-order chi connectivity index (χ1) is 9.24. The SMILES string of the molecule is O=c1ccn(C2CCN(C3CCCCO3)O2)c(=O)[nH]1. The van der Waals surface area contributed by atoms with Crippen LogP contribution in [0.25, 0.3) is 0 Å². The highest BCUT2D eigenvalue weighted by atomic mass is 16.7. The van der Waals surface area contributed by atoms with Crippen molar-refractivity contribution in [1.29, 1.82) is 0 Å². The van der Waals surface area contributed by atoms with Crippen molar-refractivity contribution in [2.75, 3.05) is 13.2 Å². The fraction of sp³-hybridized carbons (Fsp3) is 0.667. The molecule has 2 aliphatic rings. The first-order valence-corrected chi connectivity index (χ1v) is 6.60. The van der Waals surface area contributed by atoms with Gasteiger partial charge in [-0.05, 0) is 19.3 Å². The fourth-order valence-corrected chi connectivity index (χ4v) is 2.51. The molecule has 2 unspecified atom stereocenters. The van der Waals surface area contributed by atoms with Crippen molar-refractivity contribution in [2.45, 2.75) is 38.1 Å². The van der Waals surface area contributed by atoms with E-state index < -0.39 is 11.2 Å². The van der Waals surface area contributed by atoms with Crippen LogP contribution in [0.5, 0.6) is 0 Å². The van der Waals surface area contributed by atoms with Gasteiger partial charge in [-0.3, -0.25) is 19.2 Å². The van der Waals surface area contributed by atoms with Crippen LogP contribution in [0.3, 0.4) is 0 Å². The topological polar surface area (TPSA) is 76.6 Å². The Bertz CT molecular complexity index is 546. The summed E-state index contributed by atoms with van der Waals surface area (Å²) in [7, 11) is 0. The molecule has 104 valence electrons. The van der Waals surface area contributed by atoms with Gasteiger partial charge < -0.3 is 4.74 Å². The van der Waals surface area contributed by atoms with E-state index in [9.17, 15) is 9.59 Å². The summed E-state index contributed by atoms with van der Waals surface area (Å²) in [6.45, 7) is 1.48.